The molecule has 1 fully saturated rings. The second kappa shape index (κ2) is 2.81. The number of nitrogens with zero attached hydrogens (tertiary/aromatic N) is 1. The third kappa shape index (κ3) is 1.06. The summed E-state index contributed by atoms with van der Waals surface area (Å²) in [7, 11) is 4.30. The highest BCUT2D eigenvalue weighted by atomic mass is 32.4. The first-order valence-electron chi connectivity index (χ1n) is 4.88. The van der Waals surface area contributed by atoms with Crippen molar-refractivity contribution in [2.24, 2.45) is 5.92 Å². The van der Waals surface area contributed by atoms with Gasteiger partial charge in [0, 0.05) is 16.5 Å². The molecule has 1 aliphatic rings. The second-order valence-electron chi connectivity index (χ2n) is 5.45. The normalized spacial score (nSPS) is 41.7. The Morgan fingerprint density at radius 3 is 1.54 bits per heavy atom. The van der Waals surface area contributed by atoms with Crippen LogP contribution >= 0.6 is 6.19 Å². The van der Waals surface area contributed by atoms with Crippen LogP contribution in [0.4, 0.5) is 0 Å². The third-order valence-electron chi connectivity index (χ3n) is 4.24. The van der Waals surface area contributed by atoms with Gasteiger partial charge in [-0.05, 0) is 20.0 Å². The Hall–Kier alpha value is 0.610. The van der Waals surface area contributed by atoms with Gasteiger partial charge in [-0.2, -0.15) is 0 Å². The molecule has 0 radical (unpaired) electrons. The van der Waals surface area contributed by atoms with E-state index in [9.17, 15) is 0 Å². The molecule has 0 aromatic rings. The minimum absolute atomic E-state index is 0.343. The van der Waals surface area contributed by atoms with Gasteiger partial charge in [-0.1, -0.05) is 46.4 Å². The Balaban J connectivity index is 3.19. The van der Waals surface area contributed by atoms with Crippen LogP contribution < -0.4 is 0 Å². The summed E-state index contributed by atoms with van der Waals surface area (Å²) < 4.78 is 2.32. The van der Waals surface area contributed by atoms with Gasteiger partial charge >= 0.3 is 0 Å². The van der Waals surface area contributed by atoms with Gasteiger partial charge in [0.05, 0.1) is 0 Å². The first-order valence-corrected chi connectivity index (χ1v) is 7.63. The lowest BCUT2D eigenvalue weighted by atomic mass is 9.83. The highest BCUT2D eigenvalue weighted by Crippen LogP contribution is 2.82. The average Bonchev–Trinajstić information content (AvgIpc) is 2.00. The lowest BCUT2D eigenvalue weighted by Gasteiger charge is -2.68. The first kappa shape index (κ1) is 11.7. The maximum absolute atomic E-state index is 5.94. The maximum atomic E-state index is 5.94. The van der Waals surface area contributed by atoms with Crippen molar-refractivity contribution in [3.8, 4) is 0 Å². The molecular formula is C10H22NPS. The Kier molecular flexibility index (Phi) is 2.52. The molecular weight excluding hydrogens is 197 g/mol. The van der Waals surface area contributed by atoms with Crippen molar-refractivity contribution < 1.29 is 0 Å². The summed E-state index contributed by atoms with van der Waals surface area (Å²) in [5, 5.41) is 0.685. The molecule has 78 valence electrons. The number of hydrogen-bond donors (Lipinski definition) is 0. The van der Waals surface area contributed by atoms with Crippen molar-refractivity contribution in [2.75, 3.05) is 14.1 Å². The molecule has 1 heterocycles. The van der Waals surface area contributed by atoms with E-state index in [1.165, 1.54) is 0 Å². The Bertz CT molecular complexity index is 248. The molecule has 0 aromatic heterocycles. The maximum Gasteiger partial charge on any atom is 0.0259 e. The lowest BCUT2D eigenvalue weighted by molar-refractivity contribution is 0.280. The van der Waals surface area contributed by atoms with E-state index < -0.39 is 6.19 Å². The molecule has 1 nitrogen and oxygen atoms in total. The summed E-state index contributed by atoms with van der Waals surface area (Å²) in [6.45, 7) is 11.7. The van der Waals surface area contributed by atoms with Gasteiger partial charge in [-0.3, -0.25) is 4.67 Å². The van der Waals surface area contributed by atoms with E-state index in [0.717, 1.165) is 5.92 Å². The summed E-state index contributed by atoms with van der Waals surface area (Å²) in [5.74, 6) is 0.730. The van der Waals surface area contributed by atoms with E-state index in [-0.39, 0.29) is 0 Å². The summed E-state index contributed by atoms with van der Waals surface area (Å²) in [5.41, 5.74) is 0. The van der Waals surface area contributed by atoms with Crippen molar-refractivity contribution in [1.82, 2.24) is 4.67 Å². The minimum Gasteiger partial charge on any atom is -0.280 e. The topological polar surface area (TPSA) is 3.24 Å². The van der Waals surface area contributed by atoms with Crippen molar-refractivity contribution in [3.63, 3.8) is 0 Å². The molecule has 0 aromatic carbocycles. The van der Waals surface area contributed by atoms with Gasteiger partial charge in [0.2, 0.25) is 0 Å². The predicted molar refractivity (Wildman–Crippen MR) is 65.3 cm³/mol. The molecule has 1 rings (SSSR count). The zero-order chi connectivity index (χ0) is 10.7. The fourth-order valence-electron chi connectivity index (χ4n) is 3.10. The molecule has 0 aliphatic carbocycles. The largest absolute Gasteiger partial charge is 0.280 e. The zero-order valence-electron chi connectivity index (χ0n) is 9.88. The zero-order valence-corrected chi connectivity index (χ0v) is 11.6. The van der Waals surface area contributed by atoms with Crippen LogP contribution in [0.5, 0.6) is 0 Å². The van der Waals surface area contributed by atoms with Crippen LogP contribution in [0, 0.1) is 5.92 Å². The summed E-state index contributed by atoms with van der Waals surface area (Å²) in [4.78, 5) is 0. The Labute approximate surface area is 88.0 Å². The molecule has 1 aliphatic heterocycles. The standard InChI is InChI=1S/C10H22NPS/c1-8-9(2,3)12(13,11(6)7)10(8,4)5/h8H,1-7H3. The van der Waals surface area contributed by atoms with Crippen LogP contribution in [0.1, 0.15) is 34.6 Å². The van der Waals surface area contributed by atoms with E-state index in [4.69, 9.17) is 11.8 Å². The molecule has 13 heavy (non-hydrogen) atoms. The van der Waals surface area contributed by atoms with Crippen molar-refractivity contribution in [3.05, 3.63) is 0 Å². The molecule has 0 bridgehead atoms. The molecule has 0 N–H and O–H groups in total. The van der Waals surface area contributed by atoms with Crippen molar-refractivity contribution in [1.29, 1.82) is 0 Å². The summed E-state index contributed by atoms with van der Waals surface area (Å²) in [6.07, 6.45) is -1.36. The van der Waals surface area contributed by atoms with Crippen LogP contribution in [-0.2, 0) is 11.8 Å². The Morgan fingerprint density at radius 1 is 1.08 bits per heavy atom. The van der Waals surface area contributed by atoms with E-state index in [1.807, 2.05) is 0 Å². The summed E-state index contributed by atoms with van der Waals surface area (Å²) in [6, 6.07) is 0. The number of rotatable bonds is 1. The molecule has 0 atom stereocenters. The van der Waals surface area contributed by atoms with Crippen LogP contribution in [0.25, 0.3) is 0 Å². The monoisotopic (exact) mass is 219 g/mol. The smallest absolute Gasteiger partial charge is 0.0259 e. The van der Waals surface area contributed by atoms with Crippen LogP contribution in [0.3, 0.4) is 0 Å². The van der Waals surface area contributed by atoms with E-state index in [1.54, 1.807) is 0 Å². The average molecular weight is 219 g/mol. The van der Waals surface area contributed by atoms with E-state index in [2.05, 4.69) is 53.4 Å². The van der Waals surface area contributed by atoms with Gasteiger partial charge in [0.1, 0.15) is 0 Å². The molecule has 1 saturated heterocycles. The van der Waals surface area contributed by atoms with E-state index >= 15 is 0 Å². The SMILES string of the molecule is CC1C(C)(C)P(=S)(N(C)C)C1(C)C. The highest BCUT2D eigenvalue weighted by molar-refractivity contribution is 8.15. The fraction of sp³-hybridized carbons (Fsp3) is 1.00. The quantitative estimate of drug-likeness (QED) is 0.623. The van der Waals surface area contributed by atoms with Gasteiger partial charge in [0.15, 0.2) is 0 Å². The fourth-order valence-corrected chi connectivity index (χ4v) is 9.08. The van der Waals surface area contributed by atoms with Crippen LogP contribution in [-0.4, -0.2) is 29.1 Å². The molecule has 0 spiro atoms. The van der Waals surface area contributed by atoms with Crippen LogP contribution in [0.2, 0.25) is 0 Å². The predicted octanol–water partition coefficient (Wildman–Crippen LogP) is 3.15. The molecule has 0 amide bonds. The van der Waals surface area contributed by atoms with Gasteiger partial charge < -0.3 is 0 Å². The molecule has 3 heteroatoms. The van der Waals surface area contributed by atoms with Gasteiger partial charge in [0.25, 0.3) is 0 Å². The number of hydrogen-bond acceptors (Lipinski definition) is 1. The molecule has 0 unspecified atom stereocenters. The van der Waals surface area contributed by atoms with Crippen LogP contribution in [0.15, 0.2) is 0 Å². The lowest BCUT2D eigenvalue weighted by Crippen LogP contribution is -2.60. The Morgan fingerprint density at radius 2 is 1.38 bits per heavy atom. The molecule has 0 saturated carbocycles. The van der Waals surface area contributed by atoms with Gasteiger partial charge in [-0.15, -0.1) is 0 Å². The highest BCUT2D eigenvalue weighted by Gasteiger charge is 2.65. The van der Waals surface area contributed by atoms with Gasteiger partial charge in [-0.25, -0.2) is 0 Å². The second-order valence-corrected chi connectivity index (χ2v) is 11.3. The summed E-state index contributed by atoms with van der Waals surface area (Å²) >= 11 is 5.94. The van der Waals surface area contributed by atoms with Crippen molar-refractivity contribution in [2.45, 2.75) is 44.9 Å². The van der Waals surface area contributed by atoms with E-state index in [0.29, 0.717) is 10.3 Å². The first-order chi connectivity index (χ1) is 5.60. The third-order valence-corrected chi connectivity index (χ3v) is 13.1. The minimum atomic E-state index is -1.36. The van der Waals surface area contributed by atoms with Crippen molar-refractivity contribution >= 4 is 18.0 Å².